The van der Waals surface area contributed by atoms with Crippen molar-refractivity contribution in [2.45, 2.75) is 25.3 Å². The molecule has 1 saturated heterocycles. The number of aromatic nitrogens is 2. The standard InChI is InChI=1S/C18H21FN4O2/c1-22-11-13(10-20-22)17(24)9-14-5-4-8-23(14)12-18(25)21-16-7-3-2-6-15(16)19/h2-3,6-7,10-11,14H,4-5,8-9,12H2,1H3,(H,21,25)/t14-/m0/s1. The minimum atomic E-state index is -0.458. The van der Waals surface area contributed by atoms with Crippen LogP contribution in [0.5, 0.6) is 0 Å². The number of rotatable bonds is 6. The van der Waals surface area contributed by atoms with Crippen molar-refractivity contribution in [1.82, 2.24) is 14.7 Å². The first-order valence-electron chi connectivity index (χ1n) is 8.33. The Kier molecular flexibility index (Phi) is 5.23. The zero-order chi connectivity index (χ0) is 17.8. The first kappa shape index (κ1) is 17.3. The number of nitrogens with one attached hydrogen (secondary N) is 1. The Bertz CT molecular complexity index is 774. The molecule has 25 heavy (non-hydrogen) atoms. The molecule has 0 bridgehead atoms. The summed E-state index contributed by atoms with van der Waals surface area (Å²) in [6.07, 6.45) is 5.44. The molecule has 1 N–H and O–H groups in total. The van der Waals surface area contributed by atoms with E-state index in [1.165, 1.54) is 12.1 Å². The van der Waals surface area contributed by atoms with Crippen molar-refractivity contribution in [2.24, 2.45) is 7.05 Å². The van der Waals surface area contributed by atoms with Gasteiger partial charge in [-0.05, 0) is 31.5 Å². The molecule has 1 atom stereocenters. The van der Waals surface area contributed by atoms with E-state index in [2.05, 4.69) is 10.4 Å². The molecule has 0 spiro atoms. The third kappa shape index (κ3) is 4.30. The van der Waals surface area contributed by atoms with Gasteiger partial charge in [-0.1, -0.05) is 12.1 Å². The van der Waals surface area contributed by atoms with Gasteiger partial charge in [0.2, 0.25) is 5.91 Å². The summed E-state index contributed by atoms with van der Waals surface area (Å²) in [5, 5.41) is 6.61. The number of anilines is 1. The number of para-hydroxylation sites is 1. The second kappa shape index (κ2) is 7.57. The summed E-state index contributed by atoms with van der Waals surface area (Å²) >= 11 is 0. The molecule has 1 aromatic heterocycles. The Balaban J connectivity index is 1.57. The van der Waals surface area contributed by atoms with Crippen LogP contribution >= 0.6 is 0 Å². The predicted octanol–water partition coefficient (Wildman–Crippen LogP) is 2.24. The van der Waals surface area contributed by atoms with Crippen LogP contribution in [0.1, 0.15) is 29.6 Å². The second-order valence-corrected chi connectivity index (χ2v) is 6.32. The number of Topliss-reactive ketones (excluding diaryl/α,β-unsaturated/α-hetero) is 1. The molecule has 2 aromatic rings. The van der Waals surface area contributed by atoms with Gasteiger partial charge in [0.15, 0.2) is 5.78 Å². The van der Waals surface area contributed by atoms with Gasteiger partial charge in [-0.15, -0.1) is 0 Å². The summed E-state index contributed by atoms with van der Waals surface area (Å²) < 4.78 is 15.2. The first-order chi connectivity index (χ1) is 12.0. The lowest BCUT2D eigenvalue weighted by atomic mass is 10.0. The number of hydrogen-bond acceptors (Lipinski definition) is 4. The van der Waals surface area contributed by atoms with E-state index in [1.54, 1.807) is 36.3 Å². The fourth-order valence-corrected chi connectivity index (χ4v) is 3.17. The molecule has 1 aliphatic rings. The molecule has 132 valence electrons. The Morgan fingerprint density at radius 1 is 1.36 bits per heavy atom. The maximum absolute atomic E-state index is 13.6. The Hall–Kier alpha value is -2.54. The van der Waals surface area contributed by atoms with Crippen LogP contribution in [0.15, 0.2) is 36.7 Å². The smallest absolute Gasteiger partial charge is 0.238 e. The first-order valence-corrected chi connectivity index (χ1v) is 8.33. The van der Waals surface area contributed by atoms with E-state index in [-0.39, 0.29) is 30.0 Å². The van der Waals surface area contributed by atoms with Crippen molar-refractivity contribution in [3.8, 4) is 0 Å². The van der Waals surface area contributed by atoms with Crippen molar-refractivity contribution >= 4 is 17.4 Å². The van der Waals surface area contributed by atoms with Gasteiger partial charge in [-0.25, -0.2) is 4.39 Å². The minimum absolute atomic E-state index is 0.0269. The predicted molar refractivity (Wildman–Crippen MR) is 91.8 cm³/mol. The average molecular weight is 344 g/mol. The number of aryl methyl sites for hydroxylation is 1. The van der Waals surface area contributed by atoms with Crippen LogP contribution in [0.4, 0.5) is 10.1 Å². The number of nitrogens with zero attached hydrogens (tertiary/aromatic N) is 3. The summed E-state index contributed by atoms with van der Waals surface area (Å²) in [6.45, 7) is 0.912. The number of benzene rings is 1. The van der Waals surface area contributed by atoms with Gasteiger partial charge in [-0.2, -0.15) is 5.10 Å². The molecule has 3 rings (SSSR count). The minimum Gasteiger partial charge on any atom is -0.322 e. The van der Waals surface area contributed by atoms with Gasteiger partial charge in [-0.3, -0.25) is 19.2 Å². The molecule has 1 fully saturated rings. The number of hydrogen-bond donors (Lipinski definition) is 1. The quantitative estimate of drug-likeness (QED) is 0.816. The molecular formula is C18H21FN4O2. The van der Waals surface area contributed by atoms with Crippen LogP contribution in [0.3, 0.4) is 0 Å². The summed E-state index contributed by atoms with van der Waals surface area (Å²) in [7, 11) is 1.77. The van der Waals surface area contributed by atoms with E-state index >= 15 is 0 Å². The molecule has 0 unspecified atom stereocenters. The van der Waals surface area contributed by atoms with E-state index in [0.717, 1.165) is 19.4 Å². The largest absolute Gasteiger partial charge is 0.322 e. The average Bonchev–Trinajstić information content (AvgIpc) is 3.19. The maximum Gasteiger partial charge on any atom is 0.238 e. The molecular weight excluding hydrogens is 323 g/mol. The fourth-order valence-electron chi connectivity index (χ4n) is 3.17. The van der Waals surface area contributed by atoms with Crippen molar-refractivity contribution in [2.75, 3.05) is 18.4 Å². The van der Waals surface area contributed by atoms with Gasteiger partial charge in [0.05, 0.1) is 24.0 Å². The molecule has 0 radical (unpaired) electrons. The van der Waals surface area contributed by atoms with Crippen molar-refractivity contribution < 1.29 is 14.0 Å². The number of carbonyl (C=O) groups is 2. The lowest BCUT2D eigenvalue weighted by Gasteiger charge is -2.23. The summed E-state index contributed by atoms with van der Waals surface area (Å²) in [6, 6.07) is 6.11. The Morgan fingerprint density at radius 2 is 2.16 bits per heavy atom. The highest BCUT2D eigenvalue weighted by Crippen LogP contribution is 2.22. The summed E-state index contributed by atoms with van der Waals surface area (Å²) in [4.78, 5) is 26.5. The van der Waals surface area contributed by atoms with E-state index in [9.17, 15) is 14.0 Å². The van der Waals surface area contributed by atoms with Crippen LogP contribution in [-0.4, -0.2) is 45.5 Å². The summed E-state index contributed by atoms with van der Waals surface area (Å²) in [5.41, 5.74) is 0.764. The fraction of sp³-hybridized carbons (Fsp3) is 0.389. The van der Waals surface area contributed by atoms with Crippen molar-refractivity contribution in [3.05, 3.63) is 48.0 Å². The van der Waals surface area contributed by atoms with Crippen LogP contribution in [0, 0.1) is 5.82 Å². The number of ketones is 1. The third-order valence-electron chi connectivity index (χ3n) is 4.44. The molecule has 7 heteroatoms. The Morgan fingerprint density at radius 3 is 2.88 bits per heavy atom. The number of amides is 1. The third-order valence-corrected chi connectivity index (χ3v) is 4.44. The van der Waals surface area contributed by atoms with Crippen LogP contribution in [0.25, 0.3) is 0 Å². The highest BCUT2D eigenvalue weighted by Gasteiger charge is 2.28. The van der Waals surface area contributed by atoms with E-state index in [1.807, 2.05) is 4.90 Å². The SMILES string of the molecule is Cn1cc(C(=O)C[C@@H]2CCCN2CC(=O)Nc2ccccc2F)cn1. The highest BCUT2D eigenvalue weighted by molar-refractivity contribution is 5.96. The molecule has 6 nitrogen and oxygen atoms in total. The lowest BCUT2D eigenvalue weighted by molar-refractivity contribution is -0.117. The molecule has 2 heterocycles. The van der Waals surface area contributed by atoms with E-state index in [0.29, 0.717) is 12.0 Å². The number of carbonyl (C=O) groups excluding carboxylic acids is 2. The van der Waals surface area contributed by atoms with Gasteiger partial charge in [0.1, 0.15) is 5.82 Å². The van der Waals surface area contributed by atoms with E-state index in [4.69, 9.17) is 0 Å². The van der Waals surface area contributed by atoms with Gasteiger partial charge >= 0.3 is 0 Å². The van der Waals surface area contributed by atoms with Gasteiger partial charge in [0, 0.05) is 25.7 Å². The monoisotopic (exact) mass is 344 g/mol. The number of likely N-dealkylation sites (tertiary alicyclic amines) is 1. The van der Waals surface area contributed by atoms with Crippen molar-refractivity contribution in [3.63, 3.8) is 0 Å². The van der Waals surface area contributed by atoms with Crippen LogP contribution in [-0.2, 0) is 11.8 Å². The summed E-state index contributed by atoms with van der Waals surface area (Å²) in [5.74, 6) is -0.703. The van der Waals surface area contributed by atoms with E-state index < -0.39 is 5.82 Å². The molecule has 1 aromatic carbocycles. The van der Waals surface area contributed by atoms with Crippen LogP contribution < -0.4 is 5.32 Å². The second-order valence-electron chi connectivity index (χ2n) is 6.32. The molecule has 1 aliphatic heterocycles. The zero-order valence-electron chi connectivity index (χ0n) is 14.1. The van der Waals surface area contributed by atoms with Gasteiger partial charge in [0.25, 0.3) is 0 Å². The number of halogens is 1. The zero-order valence-corrected chi connectivity index (χ0v) is 14.1. The normalized spacial score (nSPS) is 17.6. The van der Waals surface area contributed by atoms with Gasteiger partial charge < -0.3 is 5.32 Å². The maximum atomic E-state index is 13.6. The van der Waals surface area contributed by atoms with Crippen molar-refractivity contribution in [1.29, 1.82) is 0 Å². The molecule has 1 amide bonds. The Labute approximate surface area is 145 Å². The molecule has 0 saturated carbocycles. The lowest BCUT2D eigenvalue weighted by Crippen LogP contribution is -2.38. The molecule has 0 aliphatic carbocycles. The topological polar surface area (TPSA) is 67.2 Å². The van der Waals surface area contributed by atoms with Crippen LogP contribution in [0.2, 0.25) is 0 Å². The highest BCUT2D eigenvalue weighted by atomic mass is 19.1.